The van der Waals surface area contributed by atoms with Crippen LogP contribution in [0.5, 0.6) is 0 Å². The van der Waals surface area contributed by atoms with Gasteiger partial charge in [-0.2, -0.15) is 8.78 Å². The fraction of sp³-hybridized carbons (Fsp3) is 0.583. The smallest absolute Gasteiger partial charge is 0.199 e. The van der Waals surface area contributed by atoms with Crippen molar-refractivity contribution in [2.24, 2.45) is 0 Å². The zero-order chi connectivity index (χ0) is 21.2. The maximum atomic E-state index is 14.2. The molecule has 0 N–H and O–H groups in total. The molecule has 0 spiro atoms. The number of hydrogen-bond donors (Lipinski definition) is 0. The first-order chi connectivity index (χ1) is 14.0. The average Bonchev–Trinajstić information content (AvgIpc) is 2.77. The van der Waals surface area contributed by atoms with E-state index in [1.54, 1.807) is 6.92 Å². The van der Waals surface area contributed by atoms with E-state index in [4.69, 9.17) is 14.2 Å². The lowest BCUT2D eigenvalue weighted by Gasteiger charge is -2.29. The lowest BCUT2D eigenvalue weighted by molar-refractivity contribution is -0.00189. The number of halogens is 2. The highest BCUT2D eigenvalue weighted by Gasteiger charge is 2.22. The van der Waals surface area contributed by atoms with Crippen LogP contribution in [0.1, 0.15) is 76.3 Å². The molecule has 1 aliphatic rings. The minimum atomic E-state index is -1.02. The van der Waals surface area contributed by atoms with Crippen LogP contribution in [-0.4, -0.2) is 19.8 Å². The van der Waals surface area contributed by atoms with Crippen LogP contribution < -0.4 is 0 Å². The Labute approximate surface area is 173 Å². The van der Waals surface area contributed by atoms with Crippen molar-refractivity contribution < 1.29 is 23.0 Å². The summed E-state index contributed by atoms with van der Waals surface area (Å²) in [5.41, 5.74) is 2.17. The van der Waals surface area contributed by atoms with Gasteiger partial charge in [-0.1, -0.05) is 51.0 Å². The average molecular weight is 409 g/mol. The summed E-state index contributed by atoms with van der Waals surface area (Å²) in [5.74, 6) is -1.72. The molecule has 29 heavy (non-hydrogen) atoms. The summed E-state index contributed by atoms with van der Waals surface area (Å²) in [6, 6.07) is 8.13. The molecule has 1 aromatic rings. The van der Waals surface area contributed by atoms with E-state index in [9.17, 15) is 8.78 Å². The van der Waals surface area contributed by atoms with E-state index in [1.165, 1.54) is 32.4 Å². The molecule has 0 aliphatic carbocycles. The largest absolute Gasteiger partial charge is 0.498 e. The van der Waals surface area contributed by atoms with Crippen LogP contribution in [0.4, 0.5) is 8.78 Å². The van der Waals surface area contributed by atoms with Gasteiger partial charge in [-0.3, -0.25) is 0 Å². The van der Waals surface area contributed by atoms with Crippen molar-refractivity contribution in [3.05, 3.63) is 58.6 Å². The van der Waals surface area contributed by atoms with Gasteiger partial charge in [0, 0.05) is 12.3 Å². The van der Waals surface area contributed by atoms with E-state index >= 15 is 0 Å². The first-order valence-electron chi connectivity index (χ1n) is 10.6. The third-order valence-electron chi connectivity index (χ3n) is 5.49. The summed E-state index contributed by atoms with van der Waals surface area (Å²) in [5, 5.41) is 0. The van der Waals surface area contributed by atoms with Gasteiger partial charge in [0.15, 0.2) is 11.7 Å². The number of ether oxygens (including phenoxy) is 3. The predicted octanol–water partition coefficient (Wildman–Crippen LogP) is 7.09. The van der Waals surface area contributed by atoms with Gasteiger partial charge in [-0.25, -0.2) is 0 Å². The molecular formula is C24H34F2O3. The lowest BCUT2D eigenvalue weighted by atomic mass is 9.90. The minimum absolute atomic E-state index is 0.0122. The summed E-state index contributed by atoms with van der Waals surface area (Å²) < 4.78 is 44.5. The van der Waals surface area contributed by atoms with E-state index in [1.807, 2.05) is 12.1 Å². The Morgan fingerprint density at radius 1 is 1.10 bits per heavy atom. The zero-order valence-electron chi connectivity index (χ0n) is 18.1. The van der Waals surface area contributed by atoms with Crippen LogP contribution >= 0.6 is 0 Å². The van der Waals surface area contributed by atoms with Crippen molar-refractivity contribution in [1.82, 2.24) is 0 Å². The van der Waals surface area contributed by atoms with Gasteiger partial charge in [-0.05, 0) is 37.3 Å². The molecule has 0 bridgehead atoms. The molecule has 0 saturated carbocycles. The Morgan fingerprint density at radius 2 is 1.83 bits per heavy atom. The molecule has 1 fully saturated rings. The molecular weight excluding hydrogens is 374 g/mol. The highest BCUT2D eigenvalue weighted by atomic mass is 19.2. The SMILES string of the molecule is CCCCC1CCC(c2ccc(CO/C(CC)=C(F)/C(F)=C(\C)OC)cc2)CO1. The van der Waals surface area contributed by atoms with Crippen molar-refractivity contribution >= 4 is 0 Å². The zero-order valence-corrected chi connectivity index (χ0v) is 18.1. The molecule has 0 amide bonds. The van der Waals surface area contributed by atoms with Crippen molar-refractivity contribution in [1.29, 1.82) is 0 Å². The van der Waals surface area contributed by atoms with E-state index in [0.29, 0.717) is 12.0 Å². The molecule has 1 aromatic carbocycles. The molecule has 162 valence electrons. The molecule has 2 atom stereocenters. The Bertz CT molecular complexity index is 687. The first kappa shape index (κ1) is 23.4. The number of hydrogen-bond acceptors (Lipinski definition) is 3. The van der Waals surface area contributed by atoms with E-state index in [0.717, 1.165) is 31.4 Å². The summed E-state index contributed by atoms with van der Waals surface area (Å²) in [4.78, 5) is 0. The van der Waals surface area contributed by atoms with Gasteiger partial charge in [0.25, 0.3) is 0 Å². The third-order valence-corrected chi connectivity index (χ3v) is 5.49. The van der Waals surface area contributed by atoms with E-state index in [2.05, 4.69) is 19.1 Å². The maximum absolute atomic E-state index is 14.2. The van der Waals surface area contributed by atoms with Crippen LogP contribution in [0.3, 0.4) is 0 Å². The van der Waals surface area contributed by atoms with Crippen LogP contribution in [0, 0.1) is 0 Å². The molecule has 5 heteroatoms. The van der Waals surface area contributed by atoms with Crippen molar-refractivity contribution in [2.75, 3.05) is 13.7 Å². The minimum Gasteiger partial charge on any atom is -0.498 e. The normalized spacial score (nSPS) is 21.3. The van der Waals surface area contributed by atoms with Gasteiger partial charge in [0.2, 0.25) is 0 Å². The first-order valence-corrected chi connectivity index (χ1v) is 10.6. The molecule has 3 nitrogen and oxygen atoms in total. The van der Waals surface area contributed by atoms with E-state index < -0.39 is 11.7 Å². The summed E-state index contributed by atoms with van der Waals surface area (Å²) in [6.07, 6.45) is 6.51. The fourth-order valence-electron chi connectivity index (χ4n) is 3.47. The molecule has 2 rings (SSSR count). The quantitative estimate of drug-likeness (QED) is 0.305. The van der Waals surface area contributed by atoms with Crippen LogP contribution in [0.15, 0.2) is 47.4 Å². The predicted molar refractivity (Wildman–Crippen MR) is 112 cm³/mol. The molecule has 0 aromatic heterocycles. The van der Waals surface area contributed by atoms with Crippen molar-refractivity contribution in [3.8, 4) is 0 Å². The van der Waals surface area contributed by atoms with Gasteiger partial charge >= 0.3 is 0 Å². The molecule has 0 radical (unpaired) electrons. The second-order valence-corrected chi connectivity index (χ2v) is 7.57. The maximum Gasteiger partial charge on any atom is 0.199 e. The Morgan fingerprint density at radius 3 is 2.38 bits per heavy atom. The van der Waals surface area contributed by atoms with Gasteiger partial charge in [-0.15, -0.1) is 0 Å². The standard InChI is InChI=1S/C24H34F2O3/c1-5-7-8-21-14-13-20(16-28-21)19-11-9-18(10-12-19)15-29-22(6-2)24(26)23(25)17(3)27-4/h9-12,20-21H,5-8,13-16H2,1-4H3/b23-17-,24-22-. The highest BCUT2D eigenvalue weighted by Crippen LogP contribution is 2.30. The Kier molecular flexibility index (Phi) is 9.65. The van der Waals surface area contributed by atoms with Crippen molar-refractivity contribution in [2.45, 2.75) is 77.9 Å². The summed E-state index contributed by atoms with van der Waals surface area (Å²) >= 11 is 0. The monoisotopic (exact) mass is 408 g/mol. The van der Waals surface area contributed by atoms with Crippen LogP contribution in [-0.2, 0) is 20.8 Å². The van der Waals surface area contributed by atoms with Gasteiger partial charge in [0.05, 0.1) is 19.8 Å². The lowest BCUT2D eigenvalue weighted by Crippen LogP contribution is -2.24. The van der Waals surface area contributed by atoms with Gasteiger partial charge in [0.1, 0.15) is 18.1 Å². The molecule has 2 unspecified atom stereocenters. The topological polar surface area (TPSA) is 27.7 Å². The highest BCUT2D eigenvalue weighted by molar-refractivity contribution is 5.27. The summed E-state index contributed by atoms with van der Waals surface area (Å²) in [6.45, 7) is 6.27. The Hall–Kier alpha value is -1.88. The summed E-state index contributed by atoms with van der Waals surface area (Å²) in [7, 11) is 1.30. The third kappa shape index (κ3) is 6.84. The van der Waals surface area contributed by atoms with Crippen molar-refractivity contribution in [3.63, 3.8) is 0 Å². The van der Waals surface area contributed by atoms with Crippen LogP contribution in [0.2, 0.25) is 0 Å². The van der Waals surface area contributed by atoms with E-state index in [-0.39, 0.29) is 24.5 Å². The number of allylic oxidation sites excluding steroid dienone is 4. The number of rotatable bonds is 10. The second-order valence-electron chi connectivity index (χ2n) is 7.57. The second kappa shape index (κ2) is 12.0. The molecule has 1 heterocycles. The number of benzene rings is 1. The number of unbranched alkanes of at least 4 members (excludes halogenated alkanes) is 1. The van der Waals surface area contributed by atoms with Crippen LogP contribution in [0.25, 0.3) is 0 Å². The van der Waals surface area contributed by atoms with Gasteiger partial charge < -0.3 is 14.2 Å². The Balaban J connectivity index is 1.92. The number of methoxy groups -OCH3 is 1. The molecule has 1 saturated heterocycles. The molecule has 1 aliphatic heterocycles. The fourth-order valence-corrected chi connectivity index (χ4v) is 3.47.